The molecule has 0 radical (unpaired) electrons. The van der Waals surface area contributed by atoms with Crippen LogP contribution in [0.2, 0.25) is 0 Å². The Bertz CT molecular complexity index is 1690. The molecule has 0 spiro atoms. The molecule has 1 saturated heterocycles. The number of rotatable bonds is 9. The lowest BCUT2D eigenvalue weighted by Crippen LogP contribution is -2.57. The summed E-state index contributed by atoms with van der Waals surface area (Å²) in [5.41, 5.74) is 2.55. The molecule has 5 rings (SSSR count). The number of halogens is 1. The molecule has 10 heteroatoms. The molecule has 0 aromatic heterocycles. The largest absolute Gasteiger partial charge is 0.490 e. The van der Waals surface area contributed by atoms with Gasteiger partial charge in [-0.05, 0) is 96.1 Å². The summed E-state index contributed by atoms with van der Waals surface area (Å²) in [6, 6.07) is 26.9. The van der Waals surface area contributed by atoms with E-state index in [0.29, 0.717) is 44.3 Å². The predicted molar refractivity (Wildman–Crippen MR) is 177 cm³/mol. The van der Waals surface area contributed by atoms with E-state index in [1.807, 2.05) is 38.1 Å². The van der Waals surface area contributed by atoms with Gasteiger partial charge in [-0.15, -0.1) is 0 Å². The van der Waals surface area contributed by atoms with Crippen molar-refractivity contribution in [3.05, 3.63) is 117 Å². The van der Waals surface area contributed by atoms with Crippen molar-refractivity contribution in [2.45, 2.75) is 13.8 Å². The maximum Gasteiger partial charge on any atom is 0.343 e. The molecular weight excluding hydrogens is 673 g/mol. The number of nitrogens with one attached hydrogen (secondary N) is 1. The summed E-state index contributed by atoms with van der Waals surface area (Å²) in [4.78, 5) is 55.6. The lowest BCUT2D eigenvalue weighted by Gasteiger charge is -2.34. The van der Waals surface area contributed by atoms with Crippen LogP contribution in [0.1, 0.15) is 18.1 Å². The Balaban J connectivity index is 1.48. The third-order valence-corrected chi connectivity index (χ3v) is 7.49. The number of amides is 5. The number of aryl methyl sites for hydroxylation is 1. The zero-order valence-corrected chi connectivity index (χ0v) is 26.1. The fourth-order valence-electron chi connectivity index (χ4n) is 4.62. The van der Waals surface area contributed by atoms with Crippen molar-refractivity contribution >= 4 is 69.5 Å². The lowest BCUT2D eigenvalue weighted by molar-refractivity contribution is -0.121. The number of barbiturate groups is 1. The number of ether oxygens (including phenoxy) is 2. The number of anilines is 3. The summed E-state index contributed by atoms with van der Waals surface area (Å²) >= 11 is 2.05. The van der Waals surface area contributed by atoms with E-state index in [1.165, 1.54) is 6.08 Å². The molecule has 9 nitrogen and oxygen atoms in total. The van der Waals surface area contributed by atoms with Gasteiger partial charge in [0, 0.05) is 5.69 Å². The van der Waals surface area contributed by atoms with Gasteiger partial charge in [-0.2, -0.15) is 0 Å². The smallest absolute Gasteiger partial charge is 0.343 e. The van der Waals surface area contributed by atoms with E-state index in [4.69, 9.17) is 9.47 Å². The molecule has 4 aromatic rings. The fraction of sp³-hybridized carbons (Fsp3) is 0.118. The van der Waals surface area contributed by atoms with Gasteiger partial charge >= 0.3 is 6.03 Å². The number of para-hydroxylation sites is 3. The summed E-state index contributed by atoms with van der Waals surface area (Å²) in [5, 5.41) is 2.84. The van der Waals surface area contributed by atoms with Gasteiger partial charge in [0.1, 0.15) is 5.57 Å². The van der Waals surface area contributed by atoms with Crippen LogP contribution < -0.4 is 24.6 Å². The number of benzene rings is 4. The number of carbonyl (C=O) groups excluding carboxylic acids is 4. The SMILES string of the molecule is CCOc1cc(C=C2C(=O)N(c3ccccc3)C(=O)N(c3ccccc3)C2=O)cc(I)c1OCC(=O)Nc1ccccc1C. The van der Waals surface area contributed by atoms with E-state index in [2.05, 4.69) is 27.9 Å². The van der Waals surface area contributed by atoms with E-state index < -0.39 is 17.8 Å². The van der Waals surface area contributed by atoms with Gasteiger partial charge in [-0.25, -0.2) is 14.6 Å². The second-order valence-corrected chi connectivity index (χ2v) is 10.9. The molecule has 1 fully saturated rings. The summed E-state index contributed by atoms with van der Waals surface area (Å²) in [6.45, 7) is 3.75. The van der Waals surface area contributed by atoms with Crippen molar-refractivity contribution < 1.29 is 28.7 Å². The molecule has 5 amide bonds. The highest BCUT2D eigenvalue weighted by Gasteiger charge is 2.43. The lowest BCUT2D eigenvalue weighted by atomic mass is 10.0. The minimum absolute atomic E-state index is 0.207. The first-order valence-corrected chi connectivity index (χ1v) is 14.9. The monoisotopic (exact) mass is 701 g/mol. The Morgan fingerprint density at radius 2 is 1.39 bits per heavy atom. The van der Waals surface area contributed by atoms with Crippen LogP contribution in [0, 0.1) is 10.5 Å². The number of nitrogens with zero attached hydrogens (tertiary/aromatic N) is 2. The van der Waals surface area contributed by atoms with Crippen molar-refractivity contribution in [3.8, 4) is 11.5 Å². The molecule has 0 unspecified atom stereocenters. The highest BCUT2D eigenvalue weighted by molar-refractivity contribution is 14.1. The van der Waals surface area contributed by atoms with Gasteiger partial charge in [0.05, 0.1) is 21.6 Å². The summed E-state index contributed by atoms with van der Waals surface area (Å²) in [6.07, 6.45) is 1.43. The molecule has 1 aliphatic rings. The van der Waals surface area contributed by atoms with Gasteiger partial charge in [0.15, 0.2) is 18.1 Å². The summed E-state index contributed by atoms with van der Waals surface area (Å²) in [5.74, 6) is -1.16. The second kappa shape index (κ2) is 13.6. The van der Waals surface area contributed by atoms with Crippen molar-refractivity contribution in [2.75, 3.05) is 28.3 Å². The third-order valence-electron chi connectivity index (χ3n) is 6.69. The molecule has 4 aromatic carbocycles. The van der Waals surface area contributed by atoms with Crippen molar-refractivity contribution in [1.29, 1.82) is 0 Å². The molecule has 0 bridgehead atoms. The normalized spacial score (nSPS) is 13.2. The van der Waals surface area contributed by atoms with E-state index in [9.17, 15) is 19.2 Å². The molecule has 0 atom stereocenters. The summed E-state index contributed by atoms with van der Waals surface area (Å²) < 4.78 is 12.3. The number of imide groups is 2. The first kappa shape index (κ1) is 30.5. The van der Waals surface area contributed by atoms with Crippen LogP contribution in [-0.2, 0) is 14.4 Å². The van der Waals surface area contributed by atoms with Crippen molar-refractivity contribution in [2.24, 2.45) is 0 Å². The van der Waals surface area contributed by atoms with Crippen molar-refractivity contribution in [3.63, 3.8) is 0 Å². The van der Waals surface area contributed by atoms with Crippen LogP contribution in [0.3, 0.4) is 0 Å². The predicted octanol–water partition coefficient (Wildman–Crippen LogP) is 6.60. The maximum absolute atomic E-state index is 13.7. The van der Waals surface area contributed by atoms with Gasteiger partial charge in [0.2, 0.25) is 0 Å². The Labute approximate surface area is 268 Å². The molecule has 0 saturated carbocycles. The molecular formula is C34H28IN3O6. The van der Waals surface area contributed by atoms with E-state index in [1.54, 1.807) is 72.8 Å². The summed E-state index contributed by atoms with van der Waals surface area (Å²) in [7, 11) is 0. The molecule has 1 heterocycles. The van der Waals surface area contributed by atoms with E-state index in [-0.39, 0.29) is 18.1 Å². The van der Waals surface area contributed by atoms with E-state index >= 15 is 0 Å². The van der Waals surface area contributed by atoms with Crippen LogP contribution in [0.5, 0.6) is 11.5 Å². The standard InChI is InChI=1S/C34H28IN3O6/c1-3-43-29-20-23(19-27(35)31(29)44-21-30(39)36-28-17-11-10-12-22(28)2)18-26-32(40)37(24-13-6-4-7-14-24)34(42)38(33(26)41)25-15-8-5-9-16-25/h4-20H,3,21H2,1-2H3,(H,36,39). The van der Waals surface area contributed by atoms with E-state index in [0.717, 1.165) is 15.4 Å². The van der Waals surface area contributed by atoms with Crippen LogP contribution >= 0.6 is 22.6 Å². The number of urea groups is 1. The number of hydrogen-bond donors (Lipinski definition) is 1. The van der Waals surface area contributed by atoms with Gasteiger partial charge in [-0.1, -0.05) is 54.6 Å². The quantitative estimate of drug-likeness (QED) is 0.120. The maximum atomic E-state index is 13.7. The fourth-order valence-corrected chi connectivity index (χ4v) is 5.40. The molecule has 1 N–H and O–H groups in total. The Kier molecular flexibility index (Phi) is 9.39. The Morgan fingerprint density at radius 3 is 1.95 bits per heavy atom. The van der Waals surface area contributed by atoms with Gasteiger partial charge in [0.25, 0.3) is 17.7 Å². The highest BCUT2D eigenvalue weighted by atomic mass is 127. The Morgan fingerprint density at radius 1 is 0.818 bits per heavy atom. The van der Waals surface area contributed by atoms with Gasteiger partial charge in [-0.3, -0.25) is 14.4 Å². The van der Waals surface area contributed by atoms with Crippen molar-refractivity contribution in [1.82, 2.24) is 0 Å². The van der Waals surface area contributed by atoms with Gasteiger partial charge < -0.3 is 14.8 Å². The molecule has 44 heavy (non-hydrogen) atoms. The minimum atomic E-state index is -0.771. The first-order chi connectivity index (χ1) is 21.3. The number of hydrogen-bond acceptors (Lipinski definition) is 6. The first-order valence-electron chi connectivity index (χ1n) is 13.8. The van der Waals surface area contributed by atoms with Crippen LogP contribution in [0.4, 0.5) is 21.9 Å². The van der Waals surface area contributed by atoms with Crippen LogP contribution in [0.25, 0.3) is 6.08 Å². The van der Waals surface area contributed by atoms with Crippen LogP contribution in [-0.4, -0.2) is 37.0 Å². The topological polar surface area (TPSA) is 105 Å². The average Bonchev–Trinajstić information content (AvgIpc) is 3.01. The van der Waals surface area contributed by atoms with Crippen LogP contribution in [0.15, 0.2) is 103 Å². The number of carbonyl (C=O) groups is 4. The Hall–Kier alpha value is -4.97. The zero-order chi connectivity index (χ0) is 31.2. The minimum Gasteiger partial charge on any atom is -0.490 e. The highest BCUT2D eigenvalue weighted by Crippen LogP contribution is 2.36. The molecule has 0 aliphatic carbocycles. The second-order valence-electron chi connectivity index (χ2n) is 9.71. The third kappa shape index (κ3) is 6.50. The molecule has 1 aliphatic heterocycles. The molecule has 222 valence electrons. The average molecular weight is 702 g/mol. The zero-order valence-electron chi connectivity index (χ0n) is 24.0.